The van der Waals surface area contributed by atoms with Crippen molar-refractivity contribution in [2.24, 2.45) is 0 Å². The first kappa shape index (κ1) is 11.9. The SMILES string of the molecule is COC(O)c1nc(Cl)n2c1CCO[C@H](C)C2. The van der Waals surface area contributed by atoms with Crippen LogP contribution in [0.25, 0.3) is 0 Å². The van der Waals surface area contributed by atoms with Crippen molar-refractivity contribution >= 4 is 11.6 Å². The Labute approximate surface area is 98.9 Å². The molecule has 0 fully saturated rings. The van der Waals surface area contributed by atoms with E-state index in [-0.39, 0.29) is 6.10 Å². The van der Waals surface area contributed by atoms with Crippen molar-refractivity contribution in [1.82, 2.24) is 9.55 Å². The molecule has 0 saturated carbocycles. The number of imidazole rings is 1. The van der Waals surface area contributed by atoms with Crippen LogP contribution in [0.4, 0.5) is 0 Å². The van der Waals surface area contributed by atoms with Crippen LogP contribution >= 0.6 is 11.6 Å². The number of aliphatic hydroxyl groups excluding tert-OH is 1. The molecule has 0 amide bonds. The highest BCUT2D eigenvalue weighted by Gasteiger charge is 2.24. The van der Waals surface area contributed by atoms with Gasteiger partial charge in [0.15, 0.2) is 6.29 Å². The molecule has 16 heavy (non-hydrogen) atoms. The van der Waals surface area contributed by atoms with Crippen molar-refractivity contribution in [2.75, 3.05) is 13.7 Å². The van der Waals surface area contributed by atoms with Crippen LogP contribution in [0.5, 0.6) is 0 Å². The second-order valence-corrected chi connectivity index (χ2v) is 4.18. The quantitative estimate of drug-likeness (QED) is 0.795. The highest BCUT2D eigenvalue weighted by molar-refractivity contribution is 6.28. The van der Waals surface area contributed by atoms with E-state index in [1.807, 2.05) is 11.5 Å². The van der Waals surface area contributed by atoms with Crippen LogP contribution in [0, 0.1) is 0 Å². The van der Waals surface area contributed by atoms with Crippen LogP contribution in [0.1, 0.15) is 24.6 Å². The smallest absolute Gasteiger partial charge is 0.203 e. The highest BCUT2D eigenvalue weighted by atomic mass is 35.5. The van der Waals surface area contributed by atoms with Gasteiger partial charge in [0.05, 0.1) is 19.3 Å². The van der Waals surface area contributed by atoms with Crippen molar-refractivity contribution in [3.8, 4) is 0 Å². The van der Waals surface area contributed by atoms with E-state index >= 15 is 0 Å². The Balaban J connectivity index is 2.39. The van der Waals surface area contributed by atoms with Gasteiger partial charge in [-0.15, -0.1) is 0 Å². The second kappa shape index (κ2) is 4.71. The molecule has 2 atom stereocenters. The summed E-state index contributed by atoms with van der Waals surface area (Å²) >= 11 is 6.03. The van der Waals surface area contributed by atoms with Crippen molar-refractivity contribution in [3.05, 3.63) is 16.7 Å². The lowest BCUT2D eigenvalue weighted by Gasteiger charge is -2.10. The van der Waals surface area contributed by atoms with E-state index in [9.17, 15) is 5.11 Å². The predicted molar refractivity (Wildman–Crippen MR) is 58.3 cm³/mol. The maximum absolute atomic E-state index is 9.66. The number of halogens is 1. The molecule has 2 heterocycles. The molecule has 1 N–H and O–H groups in total. The molecular formula is C10H15ClN2O3. The van der Waals surface area contributed by atoms with E-state index in [0.717, 1.165) is 5.69 Å². The topological polar surface area (TPSA) is 56.5 Å². The van der Waals surface area contributed by atoms with Crippen LogP contribution in [-0.2, 0) is 22.4 Å². The molecule has 1 aliphatic rings. The Kier molecular flexibility index (Phi) is 3.49. The van der Waals surface area contributed by atoms with Crippen molar-refractivity contribution in [2.45, 2.75) is 32.3 Å². The summed E-state index contributed by atoms with van der Waals surface area (Å²) in [6.07, 6.45) is -0.248. The lowest BCUT2D eigenvalue weighted by Crippen LogP contribution is -2.14. The van der Waals surface area contributed by atoms with Gasteiger partial charge in [0, 0.05) is 19.2 Å². The molecule has 1 aromatic rings. The fraction of sp³-hybridized carbons (Fsp3) is 0.700. The molecule has 1 aliphatic heterocycles. The van der Waals surface area contributed by atoms with Crippen molar-refractivity contribution < 1.29 is 14.6 Å². The number of ether oxygens (including phenoxy) is 2. The number of aliphatic hydroxyl groups is 1. The summed E-state index contributed by atoms with van der Waals surface area (Å²) in [6, 6.07) is 0. The van der Waals surface area contributed by atoms with Gasteiger partial charge in [-0.2, -0.15) is 0 Å². The first-order valence-corrected chi connectivity index (χ1v) is 5.58. The van der Waals surface area contributed by atoms with Gasteiger partial charge in [-0.3, -0.25) is 0 Å². The molecule has 90 valence electrons. The number of rotatable bonds is 2. The maximum Gasteiger partial charge on any atom is 0.203 e. The van der Waals surface area contributed by atoms with E-state index in [1.165, 1.54) is 7.11 Å². The third-order valence-electron chi connectivity index (χ3n) is 2.70. The number of hydrogen-bond acceptors (Lipinski definition) is 4. The molecule has 0 spiro atoms. The summed E-state index contributed by atoms with van der Waals surface area (Å²) in [4.78, 5) is 4.14. The maximum atomic E-state index is 9.66. The lowest BCUT2D eigenvalue weighted by atomic mass is 10.2. The van der Waals surface area contributed by atoms with Crippen LogP contribution in [0.15, 0.2) is 0 Å². The van der Waals surface area contributed by atoms with Crippen LogP contribution < -0.4 is 0 Å². The summed E-state index contributed by atoms with van der Waals surface area (Å²) in [5.41, 5.74) is 1.38. The standard InChI is InChI=1S/C10H15ClN2O3/c1-6-5-13-7(3-4-16-6)8(9(14)15-2)12-10(13)11/h6,9,14H,3-5H2,1-2H3/t6-,9?/m1/s1. The largest absolute Gasteiger partial charge is 0.376 e. The fourth-order valence-corrected chi connectivity index (χ4v) is 2.16. The Bertz CT molecular complexity index is 380. The number of nitrogens with zero attached hydrogens (tertiary/aromatic N) is 2. The van der Waals surface area contributed by atoms with Gasteiger partial charge in [-0.05, 0) is 18.5 Å². The van der Waals surface area contributed by atoms with Crippen molar-refractivity contribution in [1.29, 1.82) is 0 Å². The number of hydrogen-bond donors (Lipinski definition) is 1. The van der Waals surface area contributed by atoms with Gasteiger partial charge in [0.2, 0.25) is 5.28 Å². The molecule has 0 aromatic carbocycles. The average Bonchev–Trinajstić information content (AvgIpc) is 2.47. The van der Waals surface area contributed by atoms with E-state index in [0.29, 0.717) is 30.5 Å². The van der Waals surface area contributed by atoms with E-state index < -0.39 is 6.29 Å². The third kappa shape index (κ3) is 2.08. The molecule has 0 radical (unpaired) electrons. The Hall–Kier alpha value is -0.620. The van der Waals surface area contributed by atoms with Gasteiger partial charge in [-0.25, -0.2) is 4.98 Å². The third-order valence-corrected chi connectivity index (χ3v) is 2.98. The molecule has 0 saturated heterocycles. The zero-order valence-electron chi connectivity index (χ0n) is 9.31. The van der Waals surface area contributed by atoms with Gasteiger partial charge in [0.1, 0.15) is 5.69 Å². The predicted octanol–water partition coefficient (Wildman–Crippen LogP) is 1.14. The number of methoxy groups -OCH3 is 1. The monoisotopic (exact) mass is 246 g/mol. The molecule has 1 aromatic heterocycles. The minimum Gasteiger partial charge on any atom is -0.376 e. The number of aromatic nitrogens is 2. The molecule has 0 aliphatic carbocycles. The number of fused-ring (bicyclic) bond motifs is 1. The summed E-state index contributed by atoms with van der Waals surface area (Å²) in [7, 11) is 1.43. The lowest BCUT2D eigenvalue weighted by molar-refractivity contribution is -0.0803. The van der Waals surface area contributed by atoms with Gasteiger partial charge in [-0.1, -0.05) is 0 Å². The highest BCUT2D eigenvalue weighted by Crippen LogP contribution is 2.25. The molecule has 0 bridgehead atoms. The molecule has 5 nitrogen and oxygen atoms in total. The summed E-state index contributed by atoms with van der Waals surface area (Å²) in [5, 5.41) is 10.0. The fourth-order valence-electron chi connectivity index (χ4n) is 1.90. The first-order chi connectivity index (χ1) is 7.63. The van der Waals surface area contributed by atoms with Crippen LogP contribution in [0.2, 0.25) is 5.28 Å². The van der Waals surface area contributed by atoms with E-state index in [4.69, 9.17) is 21.1 Å². The normalized spacial score (nSPS) is 22.6. The Morgan fingerprint density at radius 3 is 3.12 bits per heavy atom. The average molecular weight is 247 g/mol. The van der Waals surface area contributed by atoms with Crippen LogP contribution in [0.3, 0.4) is 0 Å². The zero-order chi connectivity index (χ0) is 11.7. The summed E-state index contributed by atoms with van der Waals surface area (Å²) in [5.74, 6) is 0. The minimum atomic E-state index is -1.03. The van der Waals surface area contributed by atoms with Crippen molar-refractivity contribution in [3.63, 3.8) is 0 Å². The zero-order valence-corrected chi connectivity index (χ0v) is 10.1. The summed E-state index contributed by atoms with van der Waals surface area (Å²) < 4.78 is 12.3. The summed E-state index contributed by atoms with van der Waals surface area (Å²) in [6.45, 7) is 3.24. The molecule has 6 heteroatoms. The minimum absolute atomic E-state index is 0.0977. The van der Waals surface area contributed by atoms with Gasteiger partial charge in [0.25, 0.3) is 0 Å². The molecular weight excluding hydrogens is 232 g/mol. The van der Waals surface area contributed by atoms with Crippen LogP contribution in [-0.4, -0.2) is 34.5 Å². The Morgan fingerprint density at radius 1 is 1.69 bits per heavy atom. The second-order valence-electron chi connectivity index (χ2n) is 3.84. The molecule has 1 unspecified atom stereocenters. The molecule has 2 rings (SSSR count). The van der Waals surface area contributed by atoms with Gasteiger partial charge < -0.3 is 19.1 Å². The van der Waals surface area contributed by atoms with Gasteiger partial charge >= 0.3 is 0 Å². The first-order valence-electron chi connectivity index (χ1n) is 5.20. The van der Waals surface area contributed by atoms with E-state index in [1.54, 1.807) is 0 Å². The Morgan fingerprint density at radius 2 is 2.44 bits per heavy atom. The van der Waals surface area contributed by atoms with E-state index in [2.05, 4.69) is 4.98 Å².